The molecule has 174 valence electrons. The number of amides is 3. The number of nitrogens with zero attached hydrogens (tertiary/aromatic N) is 1. The average molecular weight is 448 g/mol. The third kappa shape index (κ3) is 8.99. The number of nitrogens with two attached hydrogens (primary N) is 1. The van der Waals surface area contributed by atoms with Crippen molar-refractivity contribution in [3.05, 3.63) is 0 Å². The molecule has 1 rings (SSSR count). The fourth-order valence-corrected chi connectivity index (χ4v) is 5.00. The lowest BCUT2D eigenvalue weighted by atomic mass is 9.87. The third-order valence-electron chi connectivity index (χ3n) is 5.58. The van der Waals surface area contributed by atoms with Crippen molar-refractivity contribution in [2.24, 2.45) is 17.6 Å². The van der Waals surface area contributed by atoms with Crippen molar-refractivity contribution in [2.75, 3.05) is 12.3 Å². The van der Waals surface area contributed by atoms with Gasteiger partial charge in [0.15, 0.2) is 0 Å². The van der Waals surface area contributed by atoms with Gasteiger partial charge in [-0.3, -0.25) is 18.9 Å². The van der Waals surface area contributed by atoms with Gasteiger partial charge in [0.05, 0.1) is 11.3 Å². The lowest BCUT2D eigenvalue weighted by Crippen LogP contribution is -2.51. The standard InChI is InChI=1S/C20H37N3O6S/c1-5-16(23-10-8-6-7-9-17(23)24)12-15(11-14(2)18(21)25)19(26)22-20(3,4)13-30(27,28)29/h14-16H,5-13H2,1-4H3,(H2,21,25)(H,22,26)(H,27,28,29). The maximum absolute atomic E-state index is 13.0. The smallest absolute Gasteiger partial charge is 0.267 e. The van der Waals surface area contributed by atoms with E-state index >= 15 is 0 Å². The molecule has 1 aliphatic heterocycles. The lowest BCUT2D eigenvalue weighted by Gasteiger charge is -2.34. The molecule has 4 N–H and O–H groups in total. The van der Waals surface area contributed by atoms with E-state index in [1.165, 1.54) is 13.8 Å². The Hall–Kier alpha value is -1.68. The molecule has 0 aromatic carbocycles. The summed E-state index contributed by atoms with van der Waals surface area (Å²) in [7, 11) is -4.29. The van der Waals surface area contributed by atoms with Crippen LogP contribution in [0.5, 0.6) is 0 Å². The Morgan fingerprint density at radius 1 is 1.23 bits per heavy atom. The Bertz CT molecular complexity index is 722. The predicted octanol–water partition coefficient (Wildman–Crippen LogP) is 1.47. The van der Waals surface area contributed by atoms with Crippen molar-refractivity contribution in [2.45, 2.75) is 84.2 Å². The minimum atomic E-state index is -4.29. The highest BCUT2D eigenvalue weighted by Crippen LogP contribution is 2.25. The molecule has 1 fully saturated rings. The van der Waals surface area contributed by atoms with Gasteiger partial charge in [-0.05, 0) is 46.0 Å². The highest BCUT2D eigenvalue weighted by Gasteiger charge is 2.34. The first-order valence-corrected chi connectivity index (χ1v) is 12.2. The van der Waals surface area contributed by atoms with Gasteiger partial charge in [0.25, 0.3) is 10.1 Å². The van der Waals surface area contributed by atoms with Crippen LogP contribution in [0.2, 0.25) is 0 Å². The molecule has 1 saturated heterocycles. The van der Waals surface area contributed by atoms with Crippen molar-refractivity contribution in [3.8, 4) is 0 Å². The number of nitrogens with one attached hydrogen (secondary N) is 1. The summed E-state index contributed by atoms with van der Waals surface area (Å²) in [6.45, 7) is 7.25. The van der Waals surface area contributed by atoms with Gasteiger partial charge >= 0.3 is 0 Å². The Balaban J connectivity index is 3.04. The fourth-order valence-electron chi connectivity index (χ4n) is 4.01. The molecule has 0 aromatic rings. The molecular weight excluding hydrogens is 410 g/mol. The summed E-state index contributed by atoms with van der Waals surface area (Å²) in [6.07, 6.45) is 4.47. The highest BCUT2D eigenvalue weighted by atomic mass is 32.2. The van der Waals surface area contributed by atoms with E-state index < -0.39 is 45.1 Å². The van der Waals surface area contributed by atoms with Gasteiger partial charge in [-0.1, -0.05) is 20.3 Å². The summed E-state index contributed by atoms with van der Waals surface area (Å²) < 4.78 is 31.7. The first-order valence-electron chi connectivity index (χ1n) is 10.6. The van der Waals surface area contributed by atoms with Gasteiger partial charge in [0.1, 0.15) is 0 Å². The molecule has 0 radical (unpaired) electrons. The molecule has 3 unspecified atom stereocenters. The van der Waals surface area contributed by atoms with Crippen molar-refractivity contribution >= 4 is 27.8 Å². The fraction of sp³-hybridized carbons (Fsp3) is 0.850. The number of carbonyl (C=O) groups excluding carboxylic acids is 3. The molecule has 30 heavy (non-hydrogen) atoms. The van der Waals surface area contributed by atoms with Gasteiger partial charge < -0.3 is 16.0 Å². The molecule has 1 heterocycles. The number of likely N-dealkylation sites (tertiary alicyclic amines) is 1. The van der Waals surface area contributed by atoms with E-state index in [0.29, 0.717) is 25.8 Å². The molecule has 0 bridgehead atoms. The molecule has 0 aliphatic carbocycles. The van der Waals surface area contributed by atoms with Gasteiger partial charge in [0, 0.05) is 30.8 Å². The molecule has 10 heteroatoms. The molecular formula is C20H37N3O6S. The summed E-state index contributed by atoms with van der Waals surface area (Å²) in [5.74, 6) is -2.68. The Morgan fingerprint density at radius 3 is 2.40 bits per heavy atom. The quantitative estimate of drug-likeness (QED) is 0.409. The van der Waals surface area contributed by atoms with E-state index in [2.05, 4.69) is 5.32 Å². The summed E-state index contributed by atoms with van der Waals surface area (Å²) in [6, 6.07) is -0.156. The van der Waals surface area contributed by atoms with E-state index in [9.17, 15) is 22.8 Å². The topological polar surface area (TPSA) is 147 Å². The van der Waals surface area contributed by atoms with Crippen LogP contribution in [0.4, 0.5) is 0 Å². The van der Waals surface area contributed by atoms with E-state index in [4.69, 9.17) is 10.3 Å². The molecule has 1 aliphatic rings. The lowest BCUT2D eigenvalue weighted by molar-refractivity contribution is -0.136. The maximum atomic E-state index is 13.0. The van der Waals surface area contributed by atoms with E-state index in [0.717, 1.165) is 19.3 Å². The largest absolute Gasteiger partial charge is 0.369 e. The van der Waals surface area contributed by atoms with E-state index in [1.54, 1.807) is 6.92 Å². The molecule has 0 spiro atoms. The minimum absolute atomic E-state index is 0.0770. The van der Waals surface area contributed by atoms with Gasteiger partial charge in [-0.15, -0.1) is 0 Å². The van der Waals surface area contributed by atoms with E-state index in [1.807, 2.05) is 11.8 Å². The Morgan fingerprint density at radius 2 is 1.87 bits per heavy atom. The Labute approximate surface area is 179 Å². The average Bonchev–Trinajstić information content (AvgIpc) is 2.80. The summed E-state index contributed by atoms with van der Waals surface area (Å²) >= 11 is 0. The zero-order chi connectivity index (χ0) is 23.1. The number of primary amides is 1. The van der Waals surface area contributed by atoms with Crippen molar-refractivity contribution in [1.82, 2.24) is 10.2 Å². The van der Waals surface area contributed by atoms with Gasteiger partial charge in [0.2, 0.25) is 17.7 Å². The molecule has 9 nitrogen and oxygen atoms in total. The highest BCUT2D eigenvalue weighted by molar-refractivity contribution is 7.85. The third-order valence-corrected chi connectivity index (χ3v) is 6.66. The van der Waals surface area contributed by atoms with Crippen molar-refractivity contribution < 1.29 is 27.4 Å². The second-order valence-corrected chi connectivity index (χ2v) is 10.5. The van der Waals surface area contributed by atoms with Crippen molar-refractivity contribution in [1.29, 1.82) is 0 Å². The van der Waals surface area contributed by atoms with Gasteiger partial charge in [-0.2, -0.15) is 8.42 Å². The van der Waals surface area contributed by atoms with Crippen LogP contribution in [-0.4, -0.2) is 59.5 Å². The monoisotopic (exact) mass is 447 g/mol. The van der Waals surface area contributed by atoms with Crippen LogP contribution < -0.4 is 11.1 Å². The van der Waals surface area contributed by atoms with Crippen LogP contribution in [0.25, 0.3) is 0 Å². The summed E-state index contributed by atoms with van der Waals surface area (Å²) in [5, 5.41) is 2.68. The van der Waals surface area contributed by atoms with Gasteiger partial charge in [-0.25, -0.2) is 0 Å². The summed E-state index contributed by atoms with van der Waals surface area (Å²) in [4.78, 5) is 39.0. The van der Waals surface area contributed by atoms with Crippen LogP contribution in [0.15, 0.2) is 0 Å². The van der Waals surface area contributed by atoms with Crippen LogP contribution >= 0.6 is 0 Å². The number of hydrogen-bond donors (Lipinski definition) is 3. The predicted molar refractivity (Wildman–Crippen MR) is 114 cm³/mol. The summed E-state index contributed by atoms with van der Waals surface area (Å²) in [5.41, 5.74) is 4.20. The number of hydrogen-bond acceptors (Lipinski definition) is 5. The minimum Gasteiger partial charge on any atom is -0.369 e. The maximum Gasteiger partial charge on any atom is 0.267 e. The first kappa shape index (κ1) is 26.4. The first-order chi connectivity index (χ1) is 13.8. The SMILES string of the molecule is CCC(CC(CC(C)C(N)=O)C(=O)NC(C)(C)CS(=O)(=O)O)N1CCCCCC1=O. The molecule has 3 atom stereocenters. The normalized spacial score (nSPS) is 19.0. The molecule has 3 amide bonds. The second kappa shape index (κ2) is 11.1. The van der Waals surface area contributed by atoms with Crippen LogP contribution in [0, 0.1) is 11.8 Å². The molecule has 0 saturated carbocycles. The van der Waals surface area contributed by atoms with E-state index in [-0.39, 0.29) is 18.4 Å². The van der Waals surface area contributed by atoms with Crippen LogP contribution in [0.3, 0.4) is 0 Å². The van der Waals surface area contributed by atoms with Crippen LogP contribution in [0.1, 0.15) is 72.6 Å². The Kier molecular flexibility index (Phi) is 9.74. The zero-order valence-electron chi connectivity index (χ0n) is 18.5. The van der Waals surface area contributed by atoms with Crippen molar-refractivity contribution in [3.63, 3.8) is 0 Å². The number of carbonyl (C=O) groups is 3. The van der Waals surface area contributed by atoms with Crippen LogP contribution in [-0.2, 0) is 24.5 Å². The zero-order valence-corrected chi connectivity index (χ0v) is 19.3. The number of rotatable bonds is 11. The second-order valence-electron chi connectivity index (χ2n) is 9.03. The molecule has 0 aromatic heterocycles.